The highest BCUT2D eigenvalue weighted by molar-refractivity contribution is 5.89. The Kier molecular flexibility index (Phi) is 6.88. The van der Waals surface area contributed by atoms with Gasteiger partial charge in [-0.25, -0.2) is 0 Å². The second kappa shape index (κ2) is 9.96. The molecule has 1 saturated heterocycles. The van der Waals surface area contributed by atoms with Crippen molar-refractivity contribution >= 4 is 5.69 Å². The molecule has 0 spiro atoms. The predicted octanol–water partition coefficient (Wildman–Crippen LogP) is 5.08. The van der Waals surface area contributed by atoms with Gasteiger partial charge in [-0.2, -0.15) is 0 Å². The van der Waals surface area contributed by atoms with Gasteiger partial charge in [0.2, 0.25) is 0 Å². The van der Waals surface area contributed by atoms with Crippen molar-refractivity contribution in [1.29, 1.82) is 0 Å². The van der Waals surface area contributed by atoms with E-state index in [1.54, 1.807) is 0 Å². The quantitative estimate of drug-likeness (QED) is 0.523. The van der Waals surface area contributed by atoms with Crippen molar-refractivity contribution in [2.75, 3.05) is 57.3 Å². The average Bonchev–Trinajstić information content (AvgIpc) is 3.26. The second-order valence-corrected chi connectivity index (χ2v) is 7.91. The van der Waals surface area contributed by atoms with E-state index in [2.05, 4.69) is 83.1 Å². The van der Waals surface area contributed by atoms with Crippen molar-refractivity contribution in [3.05, 3.63) is 66.9 Å². The zero-order valence-corrected chi connectivity index (χ0v) is 18.3. The summed E-state index contributed by atoms with van der Waals surface area (Å²) in [5.41, 5.74) is 4.76. The molecule has 158 valence electrons. The van der Waals surface area contributed by atoms with Crippen LogP contribution < -0.4 is 4.90 Å². The SMILES string of the molecule is CCN(CC)CCN1CCN(c2coc(-c3ccccc3)c2-c2ccccc2)CC1. The van der Waals surface area contributed by atoms with E-state index in [1.807, 2.05) is 12.3 Å². The van der Waals surface area contributed by atoms with Gasteiger partial charge in [0, 0.05) is 44.8 Å². The molecule has 2 aromatic carbocycles. The number of rotatable bonds is 8. The standard InChI is InChI=1S/C26H33N3O/c1-3-27(4-2)15-16-28-17-19-29(20-18-28)24-21-30-26(23-13-9-6-10-14-23)25(24)22-11-7-5-8-12-22/h5-14,21H,3-4,15-20H2,1-2H3. The Morgan fingerprint density at radius 3 is 2.00 bits per heavy atom. The van der Waals surface area contributed by atoms with Gasteiger partial charge in [0.1, 0.15) is 12.0 Å². The van der Waals surface area contributed by atoms with Gasteiger partial charge in [0.25, 0.3) is 0 Å². The average molecular weight is 404 g/mol. The first kappa shape index (κ1) is 20.7. The summed E-state index contributed by atoms with van der Waals surface area (Å²) in [4.78, 5) is 7.59. The molecule has 1 aliphatic rings. The lowest BCUT2D eigenvalue weighted by Crippen LogP contribution is -2.48. The maximum Gasteiger partial charge on any atom is 0.143 e. The predicted molar refractivity (Wildman–Crippen MR) is 126 cm³/mol. The lowest BCUT2D eigenvalue weighted by molar-refractivity contribution is 0.206. The van der Waals surface area contributed by atoms with Crippen molar-refractivity contribution in [3.63, 3.8) is 0 Å². The molecule has 0 atom stereocenters. The smallest absolute Gasteiger partial charge is 0.143 e. The third kappa shape index (κ3) is 4.61. The van der Waals surface area contributed by atoms with Crippen LogP contribution in [-0.4, -0.2) is 62.2 Å². The van der Waals surface area contributed by atoms with Crippen LogP contribution in [0.25, 0.3) is 22.5 Å². The molecule has 0 bridgehead atoms. The van der Waals surface area contributed by atoms with Crippen LogP contribution in [0.2, 0.25) is 0 Å². The van der Waals surface area contributed by atoms with E-state index in [1.165, 1.54) is 16.8 Å². The maximum atomic E-state index is 6.16. The van der Waals surface area contributed by atoms with Crippen LogP contribution in [-0.2, 0) is 0 Å². The van der Waals surface area contributed by atoms with Crippen LogP contribution in [0.4, 0.5) is 5.69 Å². The minimum Gasteiger partial charge on any atom is -0.461 e. The minimum absolute atomic E-state index is 0.959. The summed E-state index contributed by atoms with van der Waals surface area (Å²) in [6.07, 6.45) is 1.95. The van der Waals surface area contributed by atoms with Crippen LogP contribution >= 0.6 is 0 Å². The summed E-state index contributed by atoms with van der Waals surface area (Å²) in [7, 11) is 0. The number of piperazine rings is 1. The summed E-state index contributed by atoms with van der Waals surface area (Å²) >= 11 is 0. The first-order chi connectivity index (χ1) is 14.8. The molecule has 1 aromatic heterocycles. The van der Waals surface area contributed by atoms with Crippen LogP contribution in [0.15, 0.2) is 71.3 Å². The van der Waals surface area contributed by atoms with Crippen molar-refractivity contribution in [2.45, 2.75) is 13.8 Å². The number of likely N-dealkylation sites (N-methyl/N-ethyl adjacent to an activating group) is 1. The second-order valence-electron chi connectivity index (χ2n) is 7.91. The van der Waals surface area contributed by atoms with Crippen molar-refractivity contribution in [2.24, 2.45) is 0 Å². The van der Waals surface area contributed by atoms with Gasteiger partial charge in [0.15, 0.2) is 0 Å². The maximum absolute atomic E-state index is 6.16. The highest BCUT2D eigenvalue weighted by Gasteiger charge is 2.24. The van der Waals surface area contributed by atoms with Crippen LogP contribution in [0.5, 0.6) is 0 Å². The number of hydrogen-bond donors (Lipinski definition) is 0. The van der Waals surface area contributed by atoms with E-state index in [-0.39, 0.29) is 0 Å². The highest BCUT2D eigenvalue weighted by Crippen LogP contribution is 2.41. The number of furan rings is 1. The van der Waals surface area contributed by atoms with Gasteiger partial charge in [-0.05, 0) is 18.7 Å². The molecule has 0 aliphatic carbocycles. The zero-order valence-electron chi connectivity index (χ0n) is 18.3. The molecule has 0 N–H and O–H groups in total. The molecule has 2 heterocycles. The van der Waals surface area contributed by atoms with E-state index < -0.39 is 0 Å². The van der Waals surface area contributed by atoms with Gasteiger partial charge in [0.05, 0.1) is 11.3 Å². The Balaban J connectivity index is 1.53. The molecule has 1 aliphatic heterocycles. The first-order valence-corrected chi connectivity index (χ1v) is 11.2. The third-order valence-electron chi connectivity index (χ3n) is 6.21. The van der Waals surface area contributed by atoms with E-state index in [9.17, 15) is 0 Å². The number of benzene rings is 2. The van der Waals surface area contributed by atoms with Crippen LogP contribution in [0.3, 0.4) is 0 Å². The number of nitrogens with zero attached hydrogens (tertiary/aromatic N) is 3. The van der Waals surface area contributed by atoms with Crippen molar-refractivity contribution in [3.8, 4) is 22.5 Å². The molecule has 4 nitrogen and oxygen atoms in total. The summed E-state index contributed by atoms with van der Waals surface area (Å²) in [5.74, 6) is 0.959. The van der Waals surface area contributed by atoms with Gasteiger partial charge in [-0.3, -0.25) is 4.90 Å². The fourth-order valence-electron chi connectivity index (χ4n) is 4.30. The van der Waals surface area contributed by atoms with Gasteiger partial charge in [-0.1, -0.05) is 74.5 Å². The molecular weight excluding hydrogens is 370 g/mol. The van der Waals surface area contributed by atoms with Crippen LogP contribution in [0.1, 0.15) is 13.8 Å². The summed E-state index contributed by atoms with van der Waals surface area (Å²) in [6.45, 7) is 13.3. The minimum atomic E-state index is 0.959. The molecule has 0 amide bonds. The number of hydrogen-bond acceptors (Lipinski definition) is 4. The summed E-state index contributed by atoms with van der Waals surface area (Å²) in [6, 6.07) is 21.1. The Bertz CT molecular complexity index is 895. The van der Waals surface area contributed by atoms with E-state index in [4.69, 9.17) is 4.42 Å². The Hall–Kier alpha value is -2.56. The van der Waals surface area contributed by atoms with Crippen molar-refractivity contribution < 1.29 is 4.42 Å². The summed E-state index contributed by atoms with van der Waals surface area (Å²) < 4.78 is 6.16. The fraction of sp³-hybridized carbons (Fsp3) is 0.385. The zero-order chi connectivity index (χ0) is 20.8. The molecule has 4 rings (SSSR count). The normalized spacial score (nSPS) is 15.1. The Labute approximate surface area is 180 Å². The lowest BCUT2D eigenvalue weighted by Gasteiger charge is -2.36. The molecule has 1 fully saturated rings. The molecule has 0 saturated carbocycles. The van der Waals surface area contributed by atoms with Crippen molar-refractivity contribution in [1.82, 2.24) is 9.80 Å². The van der Waals surface area contributed by atoms with Crippen LogP contribution in [0, 0.1) is 0 Å². The Morgan fingerprint density at radius 2 is 1.40 bits per heavy atom. The molecular formula is C26H33N3O. The molecule has 4 heteroatoms. The lowest BCUT2D eigenvalue weighted by atomic mass is 10.00. The van der Waals surface area contributed by atoms with Gasteiger partial charge >= 0.3 is 0 Å². The third-order valence-corrected chi connectivity index (χ3v) is 6.21. The van der Waals surface area contributed by atoms with E-state index in [0.717, 1.165) is 63.7 Å². The monoisotopic (exact) mass is 403 g/mol. The summed E-state index contributed by atoms with van der Waals surface area (Å²) in [5, 5.41) is 0. The first-order valence-electron chi connectivity index (χ1n) is 11.2. The topological polar surface area (TPSA) is 22.9 Å². The Morgan fingerprint density at radius 1 is 0.800 bits per heavy atom. The largest absolute Gasteiger partial charge is 0.461 e. The van der Waals surface area contributed by atoms with Gasteiger partial charge in [-0.15, -0.1) is 0 Å². The fourth-order valence-corrected chi connectivity index (χ4v) is 4.30. The van der Waals surface area contributed by atoms with E-state index in [0.29, 0.717) is 0 Å². The molecule has 0 unspecified atom stereocenters. The van der Waals surface area contributed by atoms with Gasteiger partial charge < -0.3 is 14.2 Å². The highest BCUT2D eigenvalue weighted by atomic mass is 16.3. The molecule has 3 aromatic rings. The molecule has 30 heavy (non-hydrogen) atoms. The van der Waals surface area contributed by atoms with E-state index >= 15 is 0 Å². The molecule has 0 radical (unpaired) electrons. The number of anilines is 1.